The van der Waals surface area contributed by atoms with Crippen LogP contribution in [0.5, 0.6) is 0 Å². The van der Waals surface area contributed by atoms with E-state index < -0.39 is 10.0 Å². The van der Waals surface area contributed by atoms with E-state index >= 15 is 0 Å². The molecule has 1 saturated carbocycles. The van der Waals surface area contributed by atoms with E-state index in [0.29, 0.717) is 13.2 Å². The molecule has 0 N–H and O–H groups in total. The first-order chi connectivity index (χ1) is 6.94. The maximum atomic E-state index is 11.6. The normalized spacial score (nSPS) is 17.7. The van der Waals surface area contributed by atoms with Crippen molar-refractivity contribution in [1.29, 1.82) is 0 Å². The average molecular weight is 235 g/mol. The SMILES string of the molecule is CC(C)S(=O)(=O)N(C)CCOCC1CC1. The first-order valence-corrected chi connectivity index (χ1v) is 6.98. The van der Waals surface area contributed by atoms with Crippen LogP contribution in [0, 0.1) is 5.92 Å². The van der Waals surface area contributed by atoms with Crippen molar-refractivity contribution in [3.05, 3.63) is 0 Å². The molecule has 0 amide bonds. The molecule has 15 heavy (non-hydrogen) atoms. The van der Waals surface area contributed by atoms with E-state index in [1.807, 2.05) is 0 Å². The maximum absolute atomic E-state index is 11.6. The standard InChI is InChI=1S/C10H21NO3S/c1-9(2)15(12,13)11(3)6-7-14-8-10-4-5-10/h9-10H,4-8H2,1-3H3. The molecule has 1 aliphatic carbocycles. The molecule has 90 valence electrons. The second-order valence-corrected chi connectivity index (χ2v) is 7.03. The summed E-state index contributed by atoms with van der Waals surface area (Å²) in [7, 11) is -1.50. The summed E-state index contributed by atoms with van der Waals surface area (Å²) in [6, 6.07) is 0. The number of likely N-dealkylation sites (N-methyl/N-ethyl adjacent to an activating group) is 1. The number of ether oxygens (including phenoxy) is 1. The van der Waals surface area contributed by atoms with E-state index in [9.17, 15) is 8.42 Å². The molecule has 0 heterocycles. The minimum absolute atomic E-state index is 0.356. The fourth-order valence-electron chi connectivity index (χ4n) is 1.21. The van der Waals surface area contributed by atoms with Gasteiger partial charge < -0.3 is 4.74 Å². The van der Waals surface area contributed by atoms with Gasteiger partial charge in [-0.2, -0.15) is 0 Å². The van der Waals surface area contributed by atoms with Gasteiger partial charge in [0.05, 0.1) is 11.9 Å². The van der Waals surface area contributed by atoms with Crippen LogP contribution in [0.15, 0.2) is 0 Å². The van der Waals surface area contributed by atoms with Crippen LogP contribution in [-0.4, -0.2) is 44.8 Å². The van der Waals surface area contributed by atoms with Crippen LogP contribution in [0.4, 0.5) is 0 Å². The zero-order valence-corrected chi connectivity index (χ0v) is 10.6. The molecular formula is C10H21NO3S. The molecule has 0 aromatic rings. The fourth-order valence-corrected chi connectivity index (χ4v) is 2.26. The van der Waals surface area contributed by atoms with Crippen molar-refractivity contribution in [1.82, 2.24) is 4.31 Å². The third-order valence-electron chi connectivity index (χ3n) is 2.63. The van der Waals surface area contributed by atoms with Gasteiger partial charge in [-0.1, -0.05) is 0 Å². The molecule has 4 nitrogen and oxygen atoms in total. The lowest BCUT2D eigenvalue weighted by Crippen LogP contribution is -2.35. The van der Waals surface area contributed by atoms with E-state index in [0.717, 1.165) is 12.5 Å². The van der Waals surface area contributed by atoms with Gasteiger partial charge in [-0.15, -0.1) is 0 Å². The van der Waals surface area contributed by atoms with Crippen LogP contribution < -0.4 is 0 Å². The summed E-state index contributed by atoms with van der Waals surface area (Å²) in [5.74, 6) is 0.733. The van der Waals surface area contributed by atoms with Crippen LogP contribution >= 0.6 is 0 Å². The quantitative estimate of drug-likeness (QED) is 0.620. The largest absolute Gasteiger partial charge is 0.380 e. The zero-order valence-electron chi connectivity index (χ0n) is 9.77. The summed E-state index contributed by atoms with van der Waals surface area (Å²) in [5, 5.41) is -0.356. The van der Waals surface area contributed by atoms with Crippen molar-refractivity contribution < 1.29 is 13.2 Å². The van der Waals surface area contributed by atoms with E-state index in [4.69, 9.17) is 4.74 Å². The molecule has 1 rings (SSSR count). The van der Waals surface area contributed by atoms with E-state index in [2.05, 4.69) is 0 Å². The Morgan fingerprint density at radius 3 is 2.47 bits per heavy atom. The molecular weight excluding hydrogens is 214 g/mol. The Hall–Kier alpha value is -0.130. The Morgan fingerprint density at radius 2 is 2.00 bits per heavy atom. The predicted molar refractivity (Wildman–Crippen MR) is 60.2 cm³/mol. The highest BCUT2D eigenvalue weighted by Crippen LogP contribution is 2.28. The predicted octanol–water partition coefficient (Wildman–Crippen LogP) is 1.08. The Morgan fingerprint density at radius 1 is 1.40 bits per heavy atom. The monoisotopic (exact) mass is 235 g/mol. The summed E-state index contributed by atoms with van der Waals surface area (Å²) in [6.07, 6.45) is 2.53. The van der Waals surface area contributed by atoms with Crippen molar-refractivity contribution in [2.75, 3.05) is 26.8 Å². The highest BCUT2D eigenvalue weighted by molar-refractivity contribution is 7.89. The van der Waals surface area contributed by atoms with Gasteiger partial charge in [-0.3, -0.25) is 0 Å². The Bertz CT molecular complexity index is 283. The lowest BCUT2D eigenvalue weighted by molar-refractivity contribution is 0.117. The van der Waals surface area contributed by atoms with Gasteiger partial charge in [0.1, 0.15) is 0 Å². The third-order valence-corrected chi connectivity index (χ3v) is 4.87. The van der Waals surface area contributed by atoms with Crippen molar-refractivity contribution in [2.45, 2.75) is 31.9 Å². The lowest BCUT2D eigenvalue weighted by Gasteiger charge is -2.19. The van der Waals surface area contributed by atoms with E-state index in [1.165, 1.54) is 17.1 Å². The summed E-state index contributed by atoms with van der Waals surface area (Å²) in [6.45, 7) is 5.12. The summed E-state index contributed by atoms with van der Waals surface area (Å²) < 4.78 is 30.1. The number of rotatable bonds is 7. The van der Waals surface area contributed by atoms with Gasteiger partial charge in [0, 0.05) is 20.2 Å². The number of sulfonamides is 1. The topological polar surface area (TPSA) is 46.6 Å². The molecule has 0 bridgehead atoms. The Kier molecular flexibility index (Phi) is 4.55. The first kappa shape index (κ1) is 12.9. The summed E-state index contributed by atoms with van der Waals surface area (Å²) >= 11 is 0. The molecule has 1 fully saturated rings. The van der Waals surface area contributed by atoms with Crippen molar-refractivity contribution in [3.8, 4) is 0 Å². The lowest BCUT2D eigenvalue weighted by atomic mass is 10.5. The third kappa shape index (κ3) is 4.09. The second-order valence-electron chi connectivity index (χ2n) is 4.43. The van der Waals surface area contributed by atoms with Gasteiger partial charge in [0.2, 0.25) is 10.0 Å². The van der Waals surface area contributed by atoms with Gasteiger partial charge in [-0.25, -0.2) is 12.7 Å². The van der Waals surface area contributed by atoms with E-state index in [1.54, 1.807) is 20.9 Å². The van der Waals surface area contributed by atoms with Crippen LogP contribution in [0.3, 0.4) is 0 Å². The van der Waals surface area contributed by atoms with Crippen molar-refractivity contribution >= 4 is 10.0 Å². The van der Waals surface area contributed by atoms with E-state index in [-0.39, 0.29) is 5.25 Å². The fraction of sp³-hybridized carbons (Fsp3) is 1.00. The van der Waals surface area contributed by atoms with Crippen LogP contribution in [-0.2, 0) is 14.8 Å². The molecule has 5 heteroatoms. The molecule has 0 aromatic carbocycles. The first-order valence-electron chi connectivity index (χ1n) is 5.47. The van der Waals surface area contributed by atoms with Crippen molar-refractivity contribution in [3.63, 3.8) is 0 Å². The molecule has 0 unspecified atom stereocenters. The van der Waals surface area contributed by atoms with Gasteiger partial charge in [0.15, 0.2) is 0 Å². The molecule has 0 radical (unpaired) electrons. The summed E-state index contributed by atoms with van der Waals surface area (Å²) in [5.41, 5.74) is 0. The molecule has 0 spiro atoms. The molecule has 1 aliphatic rings. The Balaban J connectivity index is 2.19. The highest BCUT2D eigenvalue weighted by Gasteiger charge is 2.23. The molecule has 0 aromatic heterocycles. The second kappa shape index (κ2) is 5.27. The van der Waals surface area contributed by atoms with Crippen molar-refractivity contribution in [2.24, 2.45) is 5.92 Å². The summed E-state index contributed by atoms with van der Waals surface area (Å²) in [4.78, 5) is 0. The number of hydrogen-bond acceptors (Lipinski definition) is 3. The highest BCUT2D eigenvalue weighted by atomic mass is 32.2. The molecule has 0 saturated heterocycles. The maximum Gasteiger partial charge on any atom is 0.216 e. The minimum Gasteiger partial charge on any atom is -0.380 e. The van der Waals surface area contributed by atoms with Crippen LogP contribution in [0.2, 0.25) is 0 Å². The molecule has 0 aliphatic heterocycles. The smallest absolute Gasteiger partial charge is 0.216 e. The van der Waals surface area contributed by atoms with Crippen LogP contribution in [0.25, 0.3) is 0 Å². The average Bonchev–Trinajstić information content (AvgIpc) is 2.95. The minimum atomic E-state index is -3.11. The number of nitrogens with zero attached hydrogens (tertiary/aromatic N) is 1. The van der Waals surface area contributed by atoms with Gasteiger partial charge in [-0.05, 0) is 32.6 Å². The van der Waals surface area contributed by atoms with Gasteiger partial charge in [0.25, 0.3) is 0 Å². The molecule has 0 atom stereocenters. The Labute approximate surface area is 92.7 Å². The van der Waals surface area contributed by atoms with Gasteiger partial charge >= 0.3 is 0 Å². The van der Waals surface area contributed by atoms with Crippen LogP contribution in [0.1, 0.15) is 26.7 Å². The number of hydrogen-bond donors (Lipinski definition) is 0. The zero-order chi connectivity index (χ0) is 11.5.